The topological polar surface area (TPSA) is 65.1 Å². The molecule has 7 nitrogen and oxygen atoms in total. The van der Waals surface area contributed by atoms with Gasteiger partial charge in [0.05, 0.1) is 13.0 Å². The number of nitrogens with zero attached hydrogens (tertiary/aromatic N) is 3. The lowest BCUT2D eigenvalue weighted by molar-refractivity contribution is -0.129. The lowest BCUT2D eigenvalue weighted by Gasteiger charge is -2.32. The van der Waals surface area contributed by atoms with Crippen molar-refractivity contribution in [2.75, 3.05) is 60.0 Å². The number of carbonyl (C=O) groups excluding carboxylic acids is 2. The average Bonchev–Trinajstić information content (AvgIpc) is 3.07. The standard InChI is InChI=1S/C21H32N4O3/c1-23-10-12-24(13-11-23)9-3-8-22-21(27)18-14-20(26)25(16-18)15-17-4-6-19(28-2)7-5-17/h4-7,18H,3,8-16H2,1-2H3,(H,22,27)/t18-/m0/s1. The predicted octanol–water partition coefficient (Wildman–Crippen LogP) is 0.797. The molecule has 1 N–H and O–H groups in total. The fraction of sp³-hybridized carbons (Fsp3) is 0.619. The first-order valence-electron chi connectivity index (χ1n) is 10.1. The van der Waals surface area contributed by atoms with Crippen LogP contribution in [0, 0.1) is 5.92 Å². The zero-order chi connectivity index (χ0) is 19.9. The number of rotatable bonds is 8. The summed E-state index contributed by atoms with van der Waals surface area (Å²) in [4.78, 5) is 31.3. The van der Waals surface area contributed by atoms with Crippen LogP contribution in [0.15, 0.2) is 24.3 Å². The number of nitrogens with one attached hydrogen (secondary N) is 1. The first-order chi connectivity index (χ1) is 13.5. The molecule has 2 amide bonds. The number of benzene rings is 1. The van der Waals surface area contributed by atoms with E-state index in [4.69, 9.17) is 4.74 Å². The number of methoxy groups -OCH3 is 1. The normalized spacial score (nSPS) is 21.1. The Kier molecular flexibility index (Phi) is 7.28. The van der Waals surface area contributed by atoms with Crippen molar-refractivity contribution in [2.45, 2.75) is 19.4 Å². The van der Waals surface area contributed by atoms with Gasteiger partial charge in [0, 0.05) is 52.2 Å². The Hall–Kier alpha value is -2.12. The highest BCUT2D eigenvalue weighted by Gasteiger charge is 2.34. The maximum Gasteiger partial charge on any atom is 0.225 e. The zero-order valence-electron chi connectivity index (χ0n) is 17.0. The van der Waals surface area contributed by atoms with Crippen molar-refractivity contribution in [1.82, 2.24) is 20.0 Å². The Morgan fingerprint density at radius 1 is 1.18 bits per heavy atom. The average molecular weight is 389 g/mol. The highest BCUT2D eigenvalue weighted by Crippen LogP contribution is 2.21. The quantitative estimate of drug-likeness (QED) is 0.668. The van der Waals surface area contributed by atoms with E-state index in [0.29, 0.717) is 26.1 Å². The van der Waals surface area contributed by atoms with Crippen LogP contribution in [0.4, 0.5) is 0 Å². The molecule has 2 saturated heterocycles. The van der Waals surface area contributed by atoms with Crippen molar-refractivity contribution >= 4 is 11.8 Å². The van der Waals surface area contributed by atoms with Gasteiger partial charge in [0.1, 0.15) is 5.75 Å². The summed E-state index contributed by atoms with van der Waals surface area (Å²) in [5, 5.41) is 3.02. The lowest BCUT2D eigenvalue weighted by Crippen LogP contribution is -2.45. The second kappa shape index (κ2) is 9.89. The van der Waals surface area contributed by atoms with Crippen LogP contribution in [0.1, 0.15) is 18.4 Å². The van der Waals surface area contributed by atoms with Gasteiger partial charge in [0.15, 0.2) is 0 Å². The van der Waals surface area contributed by atoms with Gasteiger partial charge in [-0.25, -0.2) is 0 Å². The minimum atomic E-state index is -0.241. The molecule has 1 aromatic rings. The highest BCUT2D eigenvalue weighted by molar-refractivity contribution is 5.89. The molecular weight excluding hydrogens is 356 g/mol. The summed E-state index contributed by atoms with van der Waals surface area (Å²) in [5.74, 6) is 0.608. The van der Waals surface area contributed by atoms with Crippen LogP contribution in [-0.2, 0) is 16.1 Å². The molecular formula is C21H32N4O3. The first-order valence-corrected chi connectivity index (χ1v) is 10.1. The number of piperazine rings is 1. The molecule has 0 radical (unpaired) electrons. The Bertz CT molecular complexity index is 656. The van der Waals surface area contributed by atoms with Crippen molar-refractivity contribution in [3.8, 4) is 5.75 Å². The summed E-state index contributed by atoms with van der Waals surface area (Å²) < 4.78 is 5.16. The van der Waals surface area contributed by atoms with Gasteiger partial charge >= 0.3 is 0 Å². The SMILES string of the molecule is COc1ccc(CN2C[C@@H](C(=O)NCCCN3CCN(C)CC3)CC2=O)cc1. The summed E-state index contributed by atoms with van der Waals surface area (Å²) in [5.41, 5.74) is 1.04. The Labute approximate surface area is 167 Å². The Balaban J connectivity index is 1.37. The summed E-state index contributed by atoms with van der Waals surface area (Å²) >= 11 is 0. The smallest absolute Gasteiger partial charge is 0.225 e. The van der Waals surface area contributed by atoms with Crippen molar-refractivity contribution in [3.05, 3.63) is 29.8 Å². The fourth-order valence-electron chi connectivity index (χ4n) is 3.78. The molecule has 0 saturated carbocycles. The molecule has 28 heavy (non-hydrogen) atoms. The molecule has 0 unspecified atom stereocenters. The minimum absolute atomic E-state index is 0.00367. The largest absolute Gasteiger partial charge is 0.497 e. The number of hydrogen-bond donors (Lipinski definition) is 1. The van der Waals surface area contributed by atoms with Gasteiger partial charge in [-0.05, 0) is 37.7 Å². The second-order valence-electron chi connectivity index (χ2n) is 7.81. The van der Waals surface area contributed by atoms with E-state index in [2.05, 4.69) is 22.2 Å². The summed E-state index contributed by atoms with van der Waals surface area (Å²) in [6.45, 7) is 7.14. The molecule has 0 aliphatic carbocycles. The summed E-state index contributed by atoms with van der Waals surface area (Å²) in [6, 6.07) is 7.69. The van der Waals surface area contributed by atoms with Crippen molar-refractivity contribution in [2.24, 2.45) is 5.92 Å². The molecule has 2 aliphatic heterocycles. The fourth-order valence-corrected chi connectivity index (χ4v) is 3.78. The van der Waals surface area contributed by atoms with E-state index in [0.717, 1.165) is 50.5 Å². The van der Waals surface area contributed by atoms with Crippen LogP contribution in [0.2, 0.25) is 0 Å². The van der Waals surface area contributed by atoms with Gasteiger partial charge in [-0.2, -0.15) is 0 Å². The molecule has 2 aliphatic rings. The molecule has 2 heterocycles. The molecule has 0 spiro atoms. The maximum atomic E-state index is 12.4. The van der Waals surface area contributed by atoms with E-state index in [1.54, 1.807) is 12.0 Å². The lowest BCUT2D eigenvalue weighted by atomic mass is 10.1. The number of likely N-dealkylation sites (tertiary alicyclic amines) is 1. The van der Waals surface area contributed by atoms with Crippen molar-refractivity contribution in [1.29, 1.82) is 0 Å². The van der Waals surface area contributed by atoms with Gasteiger partial charge in [0.25, 0.3) is 0 Å². The van der Waals surface area contributed by atoms with Crippen LogP contribution >= 0.6 is 0 Å². The first kappa shape index (κ1) is 20.6. The Morgan fingerprint density at radius 2 is 1.89 bits per heavy atom. The highest BCUT2D eigenvalue weighted by atomic mass is 16.5. The molecule has 3 rings (SSSR count). The summed E-state index contributed by atoms with van der Waals surface area (Å²) in [7, 11) is 3.78. The minimum Gasteiger partial charge on any atom is -0.497 e. The van der Waals surface area contributed by atoms with Crippen LogP contribution in [0.25, 0.3) is 0 Å². The molecule has 1 atom stereocenters. The van der Waals surface area contributed by atoms with E-state index >= 15 is 0 Å². The number of hydrogen-bond acceptors (Lipinski definition) is 5. The van der Waals surface area contributed by atoms with Gasteiger partial charge in [-0.1, -0.05) is 12.1 Å². The summed E-state index contributed by atoms with van der Waals surface area (Å²) in [6.07, 6.45) is 1.26. The Morgan fingerprint density at radius 3 is 2.57 bits per heavy atom. The second-order valence-corrected chi connectivity index (χ2v) is 7.81. The zero-order valence-corrected chi connectivity index (χ0v) is 17.0. The molecule has 7 heteroatoms. The molecule has 2 fully saturated rings. The number of likely N-dealkylation sites (N-methyl/N-ethyl adjacent to an activating group) is 1. The van der Waals surface area contributed by atoms with E-state index in [-0.39, 0.29) is 17.7 Å². The molecule has 0 aromatic heterocycles. The van der Waals surface area contributed by atoms with Gasteiger partial charge in [-0.15, -0.1) is 0 Å². The maximum absolute atomic E-state index is 12.4. The van der Waals surface area contributed by atoms with Crippen LogP contribution in [-0.4, -0.2) is 86.5 Å². The van der Waals surface area contributed by atoms with Crippen LogP contribution in [0.3, 0.4) is 0 Å². The molecule has 1 aromatic carbocycles. The van der Waals surface area contributed by atoms with Crippen molar-refractivity contribution < 1.29 is 14.3 Å². The number of carbonyl (C=O) groups is 2. The monoisotopic (exact) mass is 388 g/mol. The van der Waals surface area contributed by atoms with Gasteiger partial charge in [0.2, 0.25) is 11.8 Å². The number of amides is 2. The third kappa shape index (κ3) is 5.69. The molecule has 154 valence electrons. The van der Waals surface area contributed by atoms with E-state index in [1.165, 1.54) is 0 Å². The van der Waals surface area contributed by atoms with Crippen LogP contribution in [0.5, 0.6) is 5.75 Å². The molecule has 0 bridgehead atoms. The van der Waals surface area contributed by atoms with E-state index < -0.39 is 0 Å². The van der Waals surface area contributed by atoms with E-state index in [9.17, 15) is 9.59 Å². The van der Waals surface area contributed by atoms with Gasteiger partial charge < -0.3 is 24.8 Å². The predicted molar refractivity (Wildman–Crippen MR) is 108 cm³/mol. The van der Waals surface area contributed by atoms with Crippen molar-refractivity contribution in [3.63, 3.8) is 0 Å². The van der Waals surface area contributed by atoms with Gasteiger partial charge in [-0.3, -0.25) is 9.59 Å². The van der Waals surface area contributed by atoms with Crippen LogP contribution < -0.4 is 10.1 Å². The third-order valence-electron chi connectivity index (χ3n) is 5.66. The van der Waals surface area contributed by atoms with E-state index in [1.807, 2.05) is 24.3 Å². The third-order valence-corrected chi connectivity index (χ3v) is 5.66. The number of ether oxygens (including phenoxy) is 1.